The van der Waals surface area contributed by atoms with Gasteiger partial charge in [-0.2, -0.15) is 0 Å². The third-order valence-electron chi connectivity index (χ3n) is 3.75. The lowest BCUT2D eigenvalue weighted by Gasteiger charge is -2.13. The number of benzene rings is 1. The van der Waals surface area contributed by atoms with Crippen LogP contribution in [-0.2, 0) is 12.8 Å². The topological polar surface area (TPSA) is 58.5 Å². The number of hydrogen-bond donors (Lipinski definition) is 2. The molecule has 0 aliphatic heterocycles. The minimum absolute atomic E-state index is 0.804. The van der Waals surface area contributed by atoms with Gasteiger partial charge in [0.25, 0.3) is 0 Å². The second kappa shape index (κ2) is 9.27. The minimum Gasteiger partial charge on any atom is -0.496 e. The lowest BCUT2D eigenvalue weighted by Crippen LogP contribution is -2.39. The Bertz CT molecular complexity index is 681. The maximum atomic E-state index is 5.38. The van der Waals surface area contributed by atoms with Crippen LogP contribution in [0.4, 0.5) is 0 Å². The molecular weight excluding hydrogens is 320 g/mol. The van der Waals surface area contributed by atoms with E-state index < -0.39 is 0 Å². The van der Waals surface area contributed by atoms with Crippen molar-refractivity contribution in [3.63, 3.8) is 0 Å². The Hall–Kier alpha value is -2.08. The molecule has 0 fully saturated rings. The zero-order valence-electron chi connectivity index (χ0n) is 14.8. The van der Waals surface area contributed by atoms with Gasteiger partial charge in [-0.15, -0.1) is 11.3 Å². The van der Waals surface area contributed by atoms with Crippen LogP contribution in [0.1, 0.15) is 21.1 Å². The van der Waals surface area contributed by atoms with Gasteiger partial charge in [-0.25, -0.2) is 4.98 Å². The number of methoxy groups -OCH3 is 1. The molecule has 0 aliphatic carbocycles. The third kappa shape index (κ3) is 5.23. The second-order valence-electron chi connectivity index (χ2n) is 5.48. The van der Waals surface area contributed by atoms with Crippen LogP contribution in [0.3, 0.4) is 0 Å². The van der Waals surface area contributed by atoms with Crippen molar-refractivity contribution in [1.82, 2.24) is 15.6 Å². The van der Waals surface area contributed by atoms with Gasteiger partial charge in [0.05, 0.1) is 17.8 Å². The van der Waals surface area contributed by atoms with E-state index in [9.17, 15) is 0 Å². The SMILES string of the molecule is CN=C(NCCc1ccccc1OC)NCCc1sc(C)nc1C. The number of aryl methyl sites for hydroxylation is 2. The normalized spacial score (nSPS) is 11.4. The number of ether oxygens (including phenoxy) is 1. The maximum absolute atomic E-state index is 5.38. The highest BCUT2D eigenvalue weighted by atomic mass is 32.1. The van der Waals surface area contributed by atoms with Gasteiger partial charge in [-0.05, 0) is 31.9 Å². The molecule has 0 bridgehead atoms. The highest BCUT2D eigenvalue weighted by molar-refractivity contribution is 7.11. The summed E-state index contributed by atoms with van der Waals surface area (Å²) in [4.78, 5) is 10.1. The Labute approximate surface area is 148 Å². The summed E-state index contributed by atoms with van der Waals surface area (Å²) in [5.74, 6) is 1.75. The van der Waals surface area contributed by atoms with Gasteiger partial charge in [-0.3, -0.25) is 4.99 Å². The average Bonchev–Trinajstić information content (AvgIpc) is 2.91. The molecule has 1 heterocycles. The molecule has 1 aromatic heterocycles. The second-order valence-corrected chi connectivity index (χ2v) is 6.77. The molecule has 0 saturated heterocycles. The Kier molecular flexibility index (Phi) is 7.06. The molecule has 0 radical (unpaired) electrons. The molecular formula is C18H26N4OS. The summed E-state index contributed by atoms with van der Waals surface area (Å²) >= 11 is 1.77. The van der Waals surface area contributed by atoms with Crippen molar-refractivity contribution >= 4 is 17.3 Å². The Morgan fingerprint density at radius 1 is 1.17 bits per heavy atom. The van der Waals surface area contributed by atoms with Crippen LogP contribution in [0.15, 0.2) is 29.3 Å². The van der Waals surface area contributed by atoms with Crippen molar-refractivity contribution in [2.24, 2.45) is 4.99 Å². The first-order valence-corrected chi connectivity index (χ1v) is 8.95. The summed E-state index contributed by atoms with van der Waals surface area (Å²) in [6, 6.07) is 8.09. The van der Waals surface area contributed by atoms with Crippen LogP contribution >= 0.6 is 11.3 Å². The molecule has 0 unspecified atom stereocenters. The number of nitrogens with zero attached hydrogens (tertiary/aromatic N) is 2. The molecule has 0 amide bonds. The number of thiazole rings is 1. The standard InChI is InChI=1S/C18H26N4OS/c1-13-17(24-14(2)22-13)10-12-21-18(19-3)20-11-9-15-7-5-6-8-16(15)23-4/h5-8H,9-12H2,1-4H3,(H2,19,20,21). The number of rotatable bonds is 7. The fraction of sp³-hybridized carbons (Fsp3) is 0.444. The van der Waals surface area contributed by atoms with Crippen LogP contribution in [0.2, 0.25) is 0 Å². The van der Waals surface area contributed by atoms with Gasteiger partial charge in [0.15, 0.2) is 5.96 Å². The van der Waals surface area contributed by atoms with E-state index in [-0.39, 0.29) is 0 Å². The summed E-state index contributed by atoms with van der Waals surface area (Å²) in [7, 11) is 3.50. The molecule has 2 rings (SSSR count). The van der Waals surface area contributed by atoms with Crippen molar-refractivity contribution in [1.29, 1.82) is 0 Å². The first-order chi connectivity index (χ1) is 11.6. The molecule has 24 heavy (non-hydrogen) atoms. The molecule has 5 nitrogen and oxygen atoms in total. The number of hydrogen-bond acceptors (Lipinski definition) is 4. The lowest BCUT2D eigenvalue weighted by atomic mass is 10.1. The first kappa shape index (κ1) is 18.3. The Morgan fingerprint density at radius 3 is 2.50 bits per heavy atom. The van der Waals surface area contributed by atoms with Crippen LogP contribution in [0.5, 0.6) is 5.75 Å². The van der Waals surface area contributed by atoms with Crippen molar-refractivity contribution < 1.29 is 4.74 Å². The van der Waals surface area contributed by atoms with Crippen molar-refractivity contribution in [3.05, 3.63) is 45.4 Å². The maximum Gasteiger partial charge on any atom is 0.190 e. The van der Waals surface area contributed by atoms with Gasteiger partial charge in [0.1, 0.15) is 5.75 Å². The van der Waals surface area contributed by atoms with Gasteiger partial charge < -0.3 is 15.4 Å². The number of aliphatic imine (C=N–C) groups is 1. The van der Waals surface area contributed by atoms with E-state index in [1.54, 1.807) is 25.5 Å². The van der Waals surface area contributed by atoms with Crippen LogP contribution in [0.25, 0.3) is 0 Å². The molecule has 0 saturated carbocycles. The summed E-state index contributed by atoms with van der Waals surface area (Å²) in [6.07, 6.45) is 1.85. The van der Waals surface area contributed by atoms with E-state index in [0.29, 0.717) is 0 Å². The highest BCUT2D eigenvalue weighted by Crippen LogP contribution is 2.18. The fourth-order valence-electron chi connectivity index (χ4n) is 2.55. The third-order valence-corrected chi connectivity index (χ3v) is 4.88. The Balaban J connectivity index is 1.75. The van der Waals surface area contributed by atoms with Crippen molar-refractivity contribution in [2.45, 2.75) is 26.7 Å². The highest BCUT2D eigenvalue weighted by Gasteiger charge is 2.06. The zero-order chi connectivity index (χ0) is 17.4. The first-order valence-electron chi connectivity index (χ1n) is 8.13. The molecule has 2 N–H and O–H groups in total. The summed E-state index contributed by atoms with van der Waals surface area (Å²) in [5, 5.41) is 7.83. The summed E-state index contributed by atoms with van der Waals surface area (Å²) in [6.45, 7) is 5.77. The van der Waals surface area contributed by atoms with E-state index >= 15 is 0 Å². The molecule has 1 aromatic carbocycles. The molecule has 0 aliphatic rings. The van der Waals surface area contributed by atoms with Crippen LogP contribution in [0, 0.1) is 13.8 Å². The molecule has 0 atom stereocenters. The fourth-order valence-corrected chi connectivity index (χ4v) is 3.48. The predicted octanol–water partition coefficient (Wildman–Crippen LogP) is 2.72. The molecule has 2 aromatic rings. The van der Waals surface area contributed by atoms with Gasteiger partial charge >= 0.3 is 0 Å². The van der Waals surface area contributed by atoms with Gasteiger partial charge in [0.2, 0.25) is 0 Å². The van der Waals surface area contributed by atoms with E-state index in [1.165, 1.54) is 10.4 Å². The average molecular weight is 347 g/mol. The predicted molar refractivity (Wildman–Crippen MR) is 101 cm³/mol. The minimum atomic E-state index is 0.804. The summed E-state index contributed by atoms with van der Waals surface area (Å²) < 4.78 is 5.38. The van der Waals surface area contributed by atoms with Gasteiger partial charge in [0, 0.05) is 31.4 Å². The van der Waals surface area contributed by atoms with E-state index in [2.05, 4.69) is 33.6 Å². The molecule has 0 spiro atoms. The lowest BCUT2D eigenvalue weighted by molar-refractivity contribution is 0.409. The quantitative estimate of drug-likeness (QED) is 0.598. The van der Waals surface area contributed by atoms with Crippen molar-refractivity contribution in [3.8, 4) is 5.75 Å². The van der Waals surface area contributed by atoms with E-state index in [1.807, 2.05) is 25.1 Å². The zero-order valence-corrected chi connectivity index (χ0v) is 15.7. The van der Waals surface area contributed by atoms with Crippen LogP contribution in [-0.4, -0.2) is 38.2 Å². The monoisotopic (exact) mass is 346 g/mol. The summed E-state index contributed by atoms with van der Waals surface area (Å²) in [5.41, 5.74) is 2.33. The number of guanidine groups is 1. The van der Waals surface area contributed by atoms with E-state index in [0.717, 1.165) is 48.3 Å². The number of nitrogens with one attached hydrogen (secondary N) is 2. The largest absolute Gasteiger partial charge is 0.496 e. The van der Waals surface area contributed by atoms with Crippen LogP contribution < -0.4 is 15.4 Å². The molecule has 6 heteroatoms. The number of aromatic nitrogens is 1. The molecule has 130 valence electrons. The van der Waals surface area contributed by atoms with E-state index in [4.69, 9.17) is 4.74 Å². The smallest absolute Gasteiger partial charge is 0.190 e. The van der Waals surface area contributed by atoms with Crippen molar-refractivity contribution in [2.75, 3.05) is 27.2 Å². The van der Waals surface area contributed by atoms with Gasteiger partial charge in [-0.1, -0.05) is 18.2 Å². The number of para-hydroxylation sites is 1. The Morgan fingerprint density at radius 2 is 1.88 bits per heavy atom.